The van der Waals surface area contributed by atoms with Crippen molar-refractivity contribution in [2.24, 2.45) is 5.92 Å². The van der Waals surface area contributed by atoms with Crippen molar-refractivity contribution in [2.75, 3.05) is 6.54 Å². The molecule has 0 spiro atoms. The van der Waals surface area contributed by atoms with Crippen LogP contribution in [0.25, 0.3) is 10.9 Å². The minimum absolute atomic E-state index is 0.203. The molecule has 3 nitrogen and oxygen atoms in total. The zero-order valence-electron chi connectivity index (χ0n) is 16.7. The third kappa shape index (κ3) is 4.13. The normalized spacial score (nSPS) is 17.1. The number of hydrogen-bond donors (Lipinski definition) is 1. The van der Waals surface area contributed by atoms with Crippen molar-refractivity contribution in [1.82, 2.24) is 9.88 Å². The summed E-state index contributed by atoms with van der Waals surface area (Å²) in [5.41, 5.74) is 3.92. The molecular weight excluding hydrogens is 320 g/mol. The number of fused-ring (bicyclic) bond motifs is 3. The zero-order chi connectivity index (χ0) is 18.5. The molecule has 1 aromatic heterocycles. The molecule has 0 fully saturated rings. The van der Waals surface area contributed by atoms with Gasteiger partial charge in [0.1, 0.15) is 0 Å². The van der Waals surface area contributed by atoms with E-state index < -0.39 is 0 Å². The van der Waals surface area contributed by atoms with Crippen molar-refractivity contribution < 1.29 is 4.79 Å². The van der Waals surface area contributed by atoms with E-state index in [9.17, 15) is 4.79 Å². The minimum atomic E-state index is 0.203. The number of H-pyrrole nitrogens is 1. The highest BCUT2D eigenvalue weighted by atomic mass is 16.2. The van der Waals surface area contributed by atoms with Crippen LogP contribution in [-0.2, 0) is 11.2 Å². The van der Waals surface area contributed by atoms with Gasteiger partial charge >= 0.3 is 0 Å². The molecule has 3 rings (SSSR count). The van der Waals surface area contributed by atoms with Crippen molar-refractivity contribution >= 4 is 16.8 Å². The summed E-state index contributed by atoms with van der Waals surface area (Å²) in [7, 11) is 0. The predicted octanol–water partition coefficient (Wildman–Crippen LogP) is 6.00. The zero-order valence-corrected chi connectivity index (χ0v) is 16.7. The molecule has 0 saturated carbocycles. The molecule has 1 atom stereocenters. The molecule has 0 radical (unpaired) electrons. The van der Waals surface area contributed by atoms with Gasteiger partial charge in [-0.1, -0.05) is 64.7 Å². The molecule has 1 amide bonds. The van der Waals surface area contributed by atoms with Gasteiger partial charge in [-0.25, -0.2) is 0 Å². The molecule has 0 bridgehead atoms. The number of para-hydroxylation sites is 1. The quantitative estimate of drug-likeness (QED) is 0.580. The summed E-state index contributed by atoms with van der Waals surface area (Å²) in [4.78, 5) is 18.8. The maximum Gasteiger partial charge on any atom is 0.223 e. The van der Waals surface area contributed by atoms with Crippen molar-refractivity contribution in [1.29, 1.82) is 0 Å². The number of benzene rings is 1. The van der Waals surface area contributed by atoms with Crippen molar-refractivity contribution in [2.45, 2.75) is 78.2 Å². The number of aromatic nitrogens is 1. The third-order valence-electron chi connectivity index (χ3n) is 5.67. The number of nitrogens with zero attached hydrogens (tertiary/aromatic N) is 1. The first-order valence-electron chi connectivity index (χ1n) is 10.5. The fourth-order valence-corrected chi connectivity index (χ4v) is 4.33. The van der Waals surface area contributed by atoms with Gasteiger partial charge in [-0.3, -0.25) is 4.79 Å². The van der Waals surface area contributed by atoms with Crippen molar-refractivity contribution in [3.8, 4) is 0 Å². The Balaban J connectivity index is 1.77. The molecule has 2 heterocycles. The molecule has 1 aliphatic heterocycles. The number of nitrogens with one attached hydrogen (secondary N) is 1. The molecule has 1 unspecified atom stereocenters. The second-order valence-electron chi connectivity index (χ2n) is 8.21. The number of unbranched alkanes of at least 4 members (excludes halogenated alkanes) is 4. The van der Waals surface area contributed by atoms with Gasteiger partial charge < -0.3 is 9.88 Å². The van der Waals surface area contributed by atoms with Gasteiger partial charge in [-0.05, 0) is 36.8 Å². The largest absolute Gasteiger partial charge is 0.356 e. The van der Waals surface area contributed by atoms with Gasteiger partial charge in [-0.15, -0.1) is 0 Å². The first-order valence-corrected chi connectivity index (χ1v) is 10.5. The lowest BCUT2D eigenvalue weighted by Gasteiger charge is -2.37. The SMILES string of the molecule is CCCCCCCC(=O)N1CCc2c([nH]c3ccccc23)C1CC(C)C. The number of carbonyl (C=O) groups excluding carboxylic acids is 1. The topological polar surface area (TPSA) is 36.1 Å². The van der Waals surface area contributed by atoms with Gasteiger partial charge in [0.15, 0.2) is 0 Å². The summed E-state index contributed by atoms with van der Waals surface area (Å²) in [6.45, 7) is 7.60. The van der Waals surface area contributed by atoms with Crippen LogP contribution in [0.2, 0.25) is 0 Å². The van der Waals surface area contributed by atoms with Crippen LogP contribution >= 0.6 is 0 Å². The second-order valence-corrected chi connectivity index (χ2v) is 8.21. The van der Waals surface area contributed by atoms with Crippen molar-refractivity contribution in [3.05, 3.63) is 35.5 Å². The molecule has 0 saturated heterocycles. The molecule has 0 aliphatic carbocycles. The maximum absolute atomic E-state index is 13.0. The van der Waals surface area contributed by atoms with Crippen LogP contribution in [-0.4, -0.2) is 22.3 Å². The summed E-state index contributed by atoms with van der Waals surface area (Å²) in [6.07, 6.45) is 8.70. The maximum atomic E-state index is 13.0. The van der Waals surface area contributed by atoms with Crippen LogP contribution in [0.1, 0.15) is 83.0 Å². The van der Waals surface area contributed by atoms with E-state index in [2.05, 4.69) is 54.9 Å². The van der Waals surface area contributed by atoms with E-state index in [1.54, 1.807) is 0 Å². The van der Waals surface area contributed by atoms with Gasteiger partial charge in [-0.2, -0.15) is 0 Å². The lowest BCUT2D eigenvalue weighted by molar-refractivity contribution is -0.134. The van der Waals surface area contributed by atoms with Gasteiger partial charge in [0.05, 0.1) is 6.04 Å². The summed E-state index contributed by atoms with van der Waals surface area (Å²) >= 11 is 0. The summed E-state index contributed by atoms with van der Waals surface area (Å²) in [5, 5.41) is 1.34. The van der Waals surface area contributed by atoms with Crippen LogP contribution in [0.15, 0.2) is 24.3 Å². The molecule has 142 valence electrons. The van der Waals surface area contributed by atoms with E-state index in [0.29, 0.717) is 18.2 Å². The third-order valence-corrected chi connectivity index (χ3v) is 5.67. The summed E-state index contributed by atoms with van der Waals surface area (Å²) in [5.74, 6) is 0.911. The fourth-order valence-electron chi connectivity index (χ4n) is 4.33. The summed E-state index contributed by atoms with van der Waals surface area (Å²) in [6, 6.07) is 8.76. The molecular formula is C23H34N2O. The molecule has 1 N–H and O–H groups in total. The molecule has 1 aromatic carbocycles. The minimum Gasteiger partial charge on any atom is -0.356 e. The van der Waals surface area contributed by atoms with Crippen molar-refractivity contribution in [3.63, 3.8) is 0 Å². The Morgan fingerprint density at radius 3 is 2.73 bits per heavy atom. The number of rotatable bonds is 8. The Labute approximate surface area is 158 Å². The predicted molar refractivity (Wildman–Crippen MR) is 109 cm³/mol. The van der Waals surface area contributed by atoms with Gasteiger partial charge in [0, 0.05) is 29.6 Å². The Morgan fingerprint density at radius 1 is 1.19 bits per heavy atom. The van der Waals surface area contributed by atoms with Crippen LogP contribution < -0.4 is 0 Å². The molecule has 2 aromatic rings. The van der Waals surface area contributed by atoms with E-state index >= 15 is 0 Å². The number of aromatic amines is 1. The highest BCUT2D eigenvalue weighted by Crippen LogP contribution is 2.38. The van der Waals surface area contributed by atoms with E-state index in [4.69, 9.17) is 0 Å². The number of carbonyl (C=O) groups is 1. The smallest absolute Gasteiger partial charge is 0.223 e. The average Bonchev–Trinajstić information content (AvgIpc) is 3.00. The highest BCUT2D eigenvalue weighted by molar-refractivity contribution is 5.86. The first-order chi connectivity index (χ1) is 12.6. The van der Waals surface area contributed by atoms with E-state index in [0.717, 1.165) is 25.8 Å². The highest BCUT2D eigenvalue weighted by Gasteiger charge is 2.33. The molecule has 3 heteroatoms. The lowest BCUT2D eigenvalue weighted by atomic mass is 9.91. The molecule has 1 aliphatic rings. The van der Waals surface area contributed by atoms with Crippen LogP contribution in [0.5, 0.6) is 0 Å². The van der Waals surface area contributed by atoms with Gasteiger partial charge in [0.2, 0.25) is 5.91 Å². The Bertz CT molecular complexity index is 731. The fraction of sp³-hybridized carbons (Fsp3) is 0.609. The van der Waals surface area contributed by atoms with E-state index in [1.165, 1.54) is 47.8 Å². The van der Waals surface area contributed by atoms with Crippen LogP contribution in [0, 0.1) is 5.92 Å². The van der Waals surface area contributed by atoms with Crippen LogP contribution in [0.4, 0.5) is 0 Å². The Hall–Kier alpha value is -1.77. The standard InChI is InChI=1S/C23H34N2O/c1-4-5-6-7-8-13-22(26)25-15-14-19-18-11-9-10-12-20(18)24-23(19)21(25)16-17(2)3/h9-12,17,21,24H,4-8,13-16H2,1-3H3. The first kappa shape index (κ1) is 19.0. The monoisotopic (exact) mass is 354 g/mol. The number of amides is 1. The van der Waals surface area contributed by atoms with E-state index in [1.807, 2.05) is 0 Å². The average molecular weight is 355 g/mol. The second kappa shape index (κ2) is 8.75. The van der Waals surface area contributed by atoms with Gasteiger partial charge in [0.25, 0.3) is 0 Å². The number of hydrogen-bond acceptors (Lipinski definition) is 1. The Morgan fingerprint density at radius 2 is 1.96 bits per heavy atom. The van der Waals surface area contributed by atoms with Crippen LogP contribution in [0.3, 0.4) is 0 Å². The lowest BCUT2D eigenvalue weighted by Crippen LogP contribution is -2.40. The summed E-state index contributed by atoms with van der Waals surface area (Å²) < 4.78 is 0. The van der Waals surface area contributed by atoms with E-state index in [-0.39, 0.29) is 6.04 Å². The Kier molecular flexibility index (Phi) is 6.39. The molecule has 26 heavy (non-hydrogen) atoms.